The van der Waals surface area contributed by atoms with Gasteiger partial charge >= 0.3 is 0 Å². The van der Waals surface area contributed by atoms with E-state index in [0.29, 0.717) is 37.2 Å². The summed E-state index contributed by atoms with van der Waals surface area (Å²) in [4.78, 5) is 29.6. The molecule has 9 nitrogen and oxygen atoms in total. The van der Waals surface area contributed by atoms with Crippen molar-refractivity contribution in [3.8, 4) is 5.75 Å². The fourth-order valence-corrected chi connectivity index (χ4v) is 10.7. The summed E-state index contributed by atoms with van der Waals surface area (Å²) in [7, 11) is -1.88. The number of halogens is 1. The third-order valence-corrected chi connectivity index (χ3v) is 13.6. The van der Waals surface area contributed by atoms with E-state index in [-0.39, 0.29) is 35.2 Å². The van der Waals surface area contributed by atoms with Crippen LogP contribution in [0.2, 0.25) is 5.02 Å². The van der Waals surface area contributed by atoms with E-state index >= 15 is 0 Å². The standard InChI is InChI=1S/C41H48ClN3O6S/c1-27-8-6-12-37(50-2)33-16-13-31(33)23-45-25-41(19-7-11-29-21-32(42)15-17-34(29)41)26-51-38-18-14-30(22-35(38)45)39(47)43-52(49,24-27)44-40(48)36(46)20-28-9-4-3-5-10-28/h3-6,9-10,12,14-15,17-18,21-22,27,31,33,36-37,46H,7-8,11,13,16,19-20,23-26H2,1-2H3,(H,43,44,47,48,49)/b12-6+/t27-,31-,33+,36+,37-,41-,52?/m0/s1. The molecule has 7 atom stereocenters. The van der Waals surface area contributed by atoms with Gasteiger partial charge in [0.25, 0.3) is 11.8 Å². The van der Waals surface area contributed by atoms with Crippen LogP contribution in [-0.2, 0) is 37.7 Å². The lowest BCUT2D eigenvalue weighted by Crippen LogP contribution is -2.49. The molecule has 0 saturated heterocycles. The number of aliphatic hydroxyl groups is 1. The molecule has 2 aliphatic carbocycles. The van der Waals surface area contributed by atoms with Crippen molar-refractivity contribution in [1.82, 2.24) is 4.72 Å². The van der Waals surface area contributed by atoms with Crippen LogP contribution in [0.4, 0.5) is 5.69 Å². The zero-order valence-electron chi connectivity index (χ0n) is 29.8. The number of hydrogen-bond donors (Lipinski definition) is 2. The molecule has 0 radical (unpaired) electrons. The molecule has 0 aromatic heterocycles. The van der Waals surface area contributed by atoms with Crippen LogP contribution in [0.15, 0.2) is 83.2 Å². The topological polar surface area (TPSA) is 118 Å². The van der Waals surface area contributed by atoms with Gasteiger partial charge in [-0.3, -0.25) is 14.3 Å². The number of methoxy groups -OCH3 is 1. The highest BCUT2D eigenvalue weighted by molar-refractivity contribution is 7.92. The molecule has 3 aromatic carbocycles. The molecule has 1 saturated carbocycles. The van der Waals surface area contributed by atoms with Crippen LogP contribution >= 0.6 is 11.6 Å². The predicted octanol–water partition coefficient (Wildman–Crippen LogP) is 6.69. The van der Waals surface area contributed by atoms with Gasteiger partial charge in [-0.1, -0.05) is 67.1 Å². The number of hydrogen-bond acceptors (Lipinski definition) is 7. The molecule has 4 aliphatic rings. The van der Waals surface area contributed by atoms with E-state index in [1.54, 1.807) is 31.4 Å². The molecule has 2 aliphatic heterocycles. The number of anilines is 1. The lowest BCUT2D eigenvalue weighted by atomic mass is 9.68. The van der Waals surface area contributed by atoms with Crippen LogP contribution in [0, 0.1) is 17.8 Å². The molecule has 3 aromatic rings. The van der Waals surface area contributed by atoms with E-state index in [2.05, 4.69) is 32.2 Å². The van der Waals surface area contributed by atoms with Crippen LogP contribution in [0.3, 0.4) is 0 Å². The minimum atomic E-state index is -3.63. The minimum Gasteiger partial charge on any atom is -0.490 e. The Hall–Kier alpha value is -3.70. The lowest BCUT2D eigenvalue weighted by molar-refractivity contribution is -0.127. The molecule has 276 valence electrons. The van der Waals surface area contributed by atoms with Crippen LogP contribution < -0.4 is 14.4 Å². The molecule has 2 N–H and O–H groups in total. The molecular weight excluding hydrogens is 698 g/mol. The Morgan fingerprint density at radius 1 is 1.17 bits per heavy atom. The van der Waals surface area contributed by atoms with Crippen molar-refractivity contribution >= 4 is 39.0 Å². The molecular formula is C41H48ClN3O6S. The lowest BCUT2D eigenvalue weighted by Gasteiger charge is -2.46. The van der Waals surface area contributed by atoms with E-state index in [0.717, 1.165) is 54.9 Å². The highest BCUT2D eigenvalue weighted by atomic mass is 35.5. The molecule has 52 heavy (non-hydrogen) atoms. The van der Waals surface area contributed by atoms with Gasteiger partial charge in [-0.25, -0.2) is 4.21 Å². The van der Waals surface area contributed by atoms with Crippen LogP contribution in [0.1, 0.15) is 66.1 Å². The summed E-state index contributed by atoms with van der Waals surface area (Å²) in [6.45, 7) is 3.86. The van der Waals surface area contributed by atoms with Gasteiger partial charge in [0.2, 0.25) is 0 Å². The number of carbonyl (C=O) groups excluding carboxylic acids is 2. The average molecular weight is 746 g/mol. The largest absolute Gasteiger partial charge is 0.490 e. The molecule has 7 rings (SSSR count). The molecule has 11 heteroatoms. The summed E-state index contributed by atoms with van der Waals surface area (Å²) in [6, 6.07) is 20.6. The summed E-state index contributed by atoms with van der Waals surface area (Å²) < 4.78 is 33.9. The second kappa shape index (κ2) is 15.3. The highest BCUT2D eigenvalue weighted by Gasteiger charge is 2.44. The second-order valence-electron chi connectivity index (χ2n) is 15.1. The normalized spacial score (nSPS) is 30.0. The van der Waals surface area contributed by atoms with Crippen LogP contribution in [0.5, 0.6) is 5.75 Å². The van der Waals surface area contributed by atoms with Gasteiger partial charge in [0, 0.05) is 42.6 Å². The van der Waals surface area contributed by atoms with Crippen LogP contribution in [-0.4, -0.2) is 65.9 Å². The second-order valence-corrected chi connectivity index (χ2v) is 17.6. The van der Waals surface area contributed by atoms with Crippen molar-refractivity contribution in [2.75, 3.05) is 37.5 Å². The quantitative estimate of drug-likeness (QED) is 0.280. The molecule has 1 fully saturated rings. The number of benzene rings is 3. The molecule has 2 heterocycles. The summed E-state index contributed by atoms with van der Waals surface area (Å²) in [6.07, 6.45) is 8.26. The Bertz CT molecular complexity index is 1960. The zero-order valence-corrected chi connectivity index (χ0v) is 31.4. The third-order valence-electron chi connectivity index (χ3n) is 11.3. The Kier molecular flexibility index (Phi) is 10.8. The van der Waals surface area contributed by atoms with Gasteiger partial charge in [0.05, 0.1) is 24.2 Å². The first-order valence-corrected chi connectivity index (χ1v) is 20.4. The number of nitrogens with one attached hydrogen (secondary N) is 1. The molecule has 1 spiro atoms. The fourth-order valence-electron chi connectivity index (χ4n) is 8.52. The fraction of sp³-hybridized carbons (Fsp3) is 0.463. The van der Waals surface area contributed by atoms with Gasteiger partial charge in [0.15, 0.2) is 0 Å². The average Bonchev–Trinajstić information content (AvgIpc) is 3.26. The molecule has 1 unspecified atom stereocenters. The van der Waals surface area contributed by atoms with Gasteiger partial charge in [-0.2, -0.15) is 0 Å². The maximum atomic E-state index is 14.5. The maximum absolute atomic E-state index is 14.5. The third kappa shape index (κ3) is 7.81. The van der Waals surface area contributed by atoms with E-state index < -0.39 is 27.8 Å². The van der Waals surface area contributed by atoms with Crippen molar-refractivity contribution in [1.29, 1.82) is 0 Å². The number of fused-ring (bicyclic) bond motifs is 4. The first-order chi connectivity index (χ1) is 25.0. The number of ether oxygens (including phenoxy) is 2. The van der Waals surface area contributed by atoms with Crippen molar-refractivity contribution in [3.05, 3.63) is 106 Å². The van der Waals surface area contributed by atoms with Gasteiger partial charge in [-0.05, 0) is 103 Å². The number of amides is 2. The maximum Gasteiger partial charge on any atom is 0.286 e. The van der Waals surface area contributed by atoms with Gasteiger partial charge in [0.1, 0.15) is 21.8 Å². The monoisotopic (exact) mass is 745 g/mol. The number of aliphatic hydroxyl groups excluding tert-OH is 1. The Morgan fingerprint density at radius 2 is 2.00 bits per heavy atom. The first-order valence-electron chi connectivity index (χ1n) is 18.4. The first kappa shape index (κ1) is 36.6. The van der Waals surface area contributed by atoms with E-state index in [1.807, 2.05) is 43.3 Å². The predicted molar refractivity (Wildman–Crippen MR) is 204 cm³/mol. The summed E-state index contributed by atoms with van der Waals surface area (Å²) in [5, 5.41) is 11.5. The van der Waals surface area contributed by atoms with Crippen molar-refractivity contribution in [3.63, 3.8) is 0 Å². The number of aryl methyl sites for hydroxylation is 1. The van der Waals surface area contributed by atoms with Crippen molar-refractivity contribution in [2.24, 2.45) is 22.1 Å². The van der Waals surface area contributed by atoms with E-state index in [9.17, 15) is 18.9 Å². The Balaban J connectivity index is 1.26. The SMILES string of the molecule is CO[C@H]1/C=C/C[C@H](C)CS(=O)(NC(=O)[C@H](O)Cc2ccccc2)=NC(=O)c2ccc3c(c2)N(C[C@@H]2CC[C@H]21)C[C@@]1(CCCc2cc(Cl)ccc21)CO3. The summed E-state index contributed by atoms with van der Waals surface area (Å²) in [5.74, 6) is -0.424. The number of rotatable bonds is 5. The van der Waals surface area contributed by atoms with Gasteiger partial charge in [-0.15, -0.1) is 4.36 Å². The number of carbonyl (C=O) groups is 2. The molecule has 2 amide bonds. The molecule has 2 bridgehead atoms. The summed E-state index contributed by atoms with van der Waals surface area (Å²) >= 11 is 6.45. The smallest absolute Gasteiger partial charge is 0.286 e. The highest BCUT2D eigenvalue weighted by Crippen LogP contribution is 2.47. The van der Waals surface area contributed by atoms with Crippen molar-refractivity contribution < 1.29 is 28.4 Å². The zero-order chi connectivity index (χ0) is 36.5. The Morgan fingerprint density at radius 3 is 2.77 bits per heavy atom. The van der Waals surface area contributed by atoms with Crippen LogP contribution in [0.25, 0.3) is 0 Å². The van der Waals surface area contributed by atoms with Gasteiger partial charge < -0.3 is 19.5 Å². The van der Waals surface area contributed by atoms with Crippen molar-refractivity contribution in [2.45, 2.75) is 69.5 Å². The van der Waals surface area contributed by atoms with E-state index in [4.69, 9.17) is 21.1 Å². The number of allylic oxidation sites excluding steroid dienone is 1. The summed E-state index contributed by atoms with van der Waals surface area (Å²) in [5.41, 5.74) is 4.04. The minimum absolute atomic E-state index is 0.0364. The number of nitrogens with zero attached hydrogens (tertiary/aromatic N) is 2. The van der Waals surface area contributed by atoms with E-state index in [1.165, 1.54) is 11.1 Å². The Labute approximate surface area is 312 Å².